The van der Waals surface area contributed by atoms with Crippen molar-refractivity contribution >= 4 is 39.5 Å². The molecule has 4 aromatic rings. The van der Waals surface area contributed by atoms with Gasteiger partial charge in [0.15, 0.2) is 5.69 Å². The standard InChI is InChI=1S/C21H19N3O5/c1-4-28-21(26)15-10-16(24(2)23-15)20(25)22-14-11-18-13(9-19(14)27-3)12-7-5-6-8-17(12)29-18/h5-11H,4H2,1-3H3,(H,22,25). The average molecular weight is 393 g/mol. The maximum atomic E-state index is 12.8. The van der Waals surface area contributed by atoms with Gasteiger partial charge in [-0.25, -0.2) is 4.79 Å². The van der Waals surface area contributed by atoms with Crippen LogP contribution in [0.1, 0.15) is 27.9 Å². The molecule has 0 unspecified atom stereocenters. The van der Waals surface area contributed by atoms with Gasteiger partial charge in [0.1, 0.15) is 22.6 Å². The quantitative estimate of drug-likeness (QED) is 0.519. The van der Waals surface area contributed by atoms with Crippen molar-refractivity contribution in [3.05, 3.63) is 53.9 Å². The van der Waals surface area contributed by atoms with Gasteiger partial charge >= 0.3 is 5.97 Å². The van der Waals surface area contributed by atoms with Crippen molar-refractivity contribution in [3.63, 3.8) is 0 Å². The van der Waals surface area contributed by atoms with E-state index in [1.54, 1.807) is 20.0 Å². The summed E-state index contributed by atoms with van der Waals surface area (Å²) in [4.78, 5) is 24.7. The average Bonchev–Trinajstić information content (AvgIpc) is 3.27. The Hall–Kier alpha value is -3.81. The van der Waals surface area contributed by atoms with Gasteiger partial charge in [0.2, 0.25) is 0 Å². The molecule has 2 heterocycles. The van der Waals surface area contributed by atoms with Gasteiger partial charge in [-0.05, 0) is 19.1 Å². The predicted octanol–water partition coefficient (Wildman–Crippen LogP) is 3.76. The van der Waals surface area contributed by atoms with Crippen molar-refractivity contribution < 1.29 is 23.5 Å². The van der Waals surface area contributed by atoms with Crippen molar-refractivity contribution in [2.45, 2.75) is 6.92 Å². The maximum Gasteiger partial charge on any atom is 0.358 e. The summed E-state index contributed by atoms with van der Waals surface area (Å²) in [6, 6.07) is 12.6. The number of hydrogen-bond acceptors (Lipinski definition) is 6. The molecule has 0 fully saturated rings. The first kappa shape index (κ1) is 18.5. The number of carbonyl (C=O) groups excluding carboxylic acids is 2. The number of fused-ring (bicyclic) bond motifs is 3. The lowest BCUT2D eigenvalue weighted by molar-refractivity contribution is 0.0518. The number of rotatable bonds is 5. The van der Waals surface area contributed by atoms with E-state index in [4.69, 9.17) is 13.9 Å². The molecule has 0 bridgehead atoms. The Morgan fingerprint density at radius 3 is 2.69 bits per heavy atom. The van der Waals surface area contributed by atoms with Crippen LogP contribution in [0.5, 0.6) is 5.75 Å². The second kappa shape index (κ2) is 7.31. The van der Waals surface area contributed by atoms with E-state index in [9.17, 15) is 9.59 Å². The normalized spacial score (nSPS) is 11.0. The smallest absolute Gasteiger partial charge is 0.358 e. The number of benzene rings is 2. The molecule has 0 aliphatic carbocycles. The van der Waals surface area contributed by atoms with Crippen LogP contribution in [0.4, 0.5) is 5.69 Å². The second-order valence-corrected chi connectivity index (χ2v) is 6.36. The van der Waals surface area contributed by atoms with Crippen molar-refractivity contribution in [2.24, 2.45) is 7.05 Å². The summed E-state index contributed by atoms with van der Waals surface area (Å²) in [7, 11) is 3.11. The summed E-state index contributed by atoms with van der Waals surface area (Å²) in [5, 5.41) is 8.70. The molecule has 0 aliphatic rings. The van der Waals surface area contributed by atoms with Crippen LogP contribution in [0.3, 0.4) is 0 Å². The van der Waals surface area contributed by atoms with E-state index in [2.05, 4.69) is 10.4 Å². The maximum absolute atomic E-state index is 12.8. The van der Waals surface area contributed by atoms with Crippen molar-refractivity contribution in [1.29, 1.82) is 0 Å². The molecule has 1 N–H and O–H groups in total. The molecule has 0 radical (unpaired) electrons. The molecule has 0 aliphatic heterocycles. The van der Waals surface area contributed by atoms with Gasteiger partial charge in [-0.2, -0.15) is 5.10 Å². The number of nitrogens with zero attached hydrogens (tertiary/aromatic N) is 2. The zero-order valence-electron chi connectivity index (χ0n) is 16.2. The summed E-state index contributed by atoms with van der Waals surface area (Å²) in [6.07, 6.45) is 0. The van der Waals surface area contributed by atoms with Crippen LogP contribution in [-0.4, -0.2) is 35.4 Å². The third kappa shape index (κ3) is 3.29. The third-order valence-corrected chi connectivity index (χ3v) is 4.54. The van der Waals surface area contributed by atoms with Crippen LogP contribution in [0.2, 0.25) is 0 Å². The first-order valence-corrected chi connectivity index (χ1v) is 9.03. The molecule has 0 atom stereocenters. The second-order valence-electron chi connectivity index (χ2n) is 6.36. The van der Waals surface area contributed by atoms with Crippen molar-refractivity contribution in [3.8, 4) is 5.75 Å². The predicted molar refractivity (Wildman–Crippen MR) is 107 cm³/mol. The summed E-state index contributed by atoms with van der Waals surface area (Å²) in [5.41, 5.74) is 2.10. The Balaban J connectivity index is 1.69. The number of esters is 1. The van der Waals surface area contributed by atoms with Crippen LogP contribution < -0.4 is 10.1 Å². The minimum absolute atomic E-state index is 0.0687. The molecule has 0 saturated heterocycles. The molecule has 1 amide bonds. The number of furan rings is 1. The summed E-state index contributed by atoms with van der Waals surface area (Å²) >= 11 is 0. The zero-order chi connectivity index (χ0) is 20.5. The molecule has 2 aromatic heterocycles. The Labute approximate surface area is 166 Å². The fourth-order valence-corrected chi connectivity index (χ4v) is 3.19. The Morgan fingerprint density at radius 2 is 1.93 bits per heavy atom. The molecule has 29 heavy (non-hydrogen) atoms. The lowest BCUT2D eigenvalue weighted by Gasteiger charge is -2.10. The highest BCUT2D eigenvalue weighted by molar-refractivity contribution is 6.10. The van der Waals surface area contributed by atoms with E-state index in [1.807, 2.05) is 30.3 Å². The first-order valence-electron chi connectivity index (χ1n) is 9.03. The molecule has 0 spiro atoms. The SMILES string of the molecule is CCOC(=O)c1cc(C(=O)Nc2cc3oc4ccccc4c3cc2OC)n(C)n1. The summed E-state index contributed by atoms with van der Waals surface area (Å²) < 4.78 is 17.6. The van der Waals surface area contributed by atoms with Gasteiger partial charge in [-0.15, -0.1) is 0 Å². The fourth-order valence-electron chi connectivity index (χ4n) is 3.19. The monoisotopic (exact) mass is 393 g/mol. The van der Waals surface area contributed by atoms with E-state index in [0.717, 1.165) is 16.4 Å². The van der Waals surface area contributed by atoms with Crippen LogP contribution in [0.25, 0.3) is 21.9 Å². The molecular weight excluding hydrogens is 374 g/mol. The largest absolute Gasteiger partial charge is 0.495 e. The van der Waals surface area contributed by atoms with Crippen LogP contribution in [0.15, 0.2) is 46.9 Å². The Bertz CT molecular complexity index is 1240. The molecular formula is C21H19N3O5. The topological polar surface area (TPSA) is 95.6 Å². The molecule has 8 nitrogen and oxygen atoms in total. The van der Waals surface area contributed by atoms with Gasteiger partial charge in [0.05, 0.1) is 19.4 Å². The molecule has 148 valence electrons. The van der Waals surface area contributed by atoms with Gasteiger partial charge in [0.25, 0.3) is 5.91 Å². The minimum Gasteiger partial charge on any atom is -0.495 e. The van der Waals surface area contributed by atoms with E-state index >= 15 is 0 Å². The molecule has 0 saturated carbocycles. The lowest BCUT2D eigenvalue weighted by Crippen LogP contribution is -2.16. The van der Waals surface area contributed by atoms with E-state index in [1.165, 1.54) is 17.9 Å². The molecule has 2 aromatic carbocycles. The number of anilines is 1. The number of nitrogens with one attached hydrogen (secondary N) is 1. The highest BCUT2D eigenvalue weighted by atomic mass is 16.5. The van der Waals surface area contributed by atoms with Crippen LogP contribution >= 0.6 is 0 Å². The number of aryl methyl sites for hydroxylation is 1. The number of para-hydroxylation sites is 1. The number of ether oxygens (including phenoxy) is 2. The highest BCUT2D eigenvalue weighted by Crippen LogP contribution is 2.36. The highest BCUT2D eigenvalue weighted by Gasteiger charge is 2.20. The van der Waals surface area contributed by atoms with Gasteiger partial charge in [-0.3, -0.25) is 9.48 Å². The minimum atomic E-state index is -0.580. The fraction of sp³-hybridized carbons (Fsp3) is 0.190. The summed E-state index contributed by atoms with van der Waals surface area (Å²) in [5.74, 6) is -0.530. The van der Waals surface area contributed by atoms with Gasteiger partial charge < -0.3 is 19.2 Å². The molecule has 4 rings (SSSR count). The Kier molecular flexibility index (Phi) is 4.67. The van der Waals surface area contributed by atoms with Gasteiger partial charge in [-0.1, -0.05) is 18.2 Å². The first-order chi connectivity index (χ1) is 14.0. The zero-order valence-corrected chi connectivity index (χ0v) is 16.2. The number of aromatic nitrogens is 2. The molecule has 8 heteroatoms. The number of methoxy groups -OCH3 is 1. The van der Waals surface area contributed by atoms with Crippen LogP contribution in [0, 0.1) is 0 Å². The van der Waals surface area contributed by atoms with Crippen LogP contribution in [-0.2, 0) is 11.8 Å². The van der Waals surface area contributed by atoms with E-state index in [-0.39, 0.29) is 18.0 Å². The number of amides is 1. The summed E-state index contributed by atoms with van der Waals surface area (Å²) in [6.45, 7) is 1.93. The Morgan fingerprint density at radius 1 is 1.14 bits per heavy atom. The van der Waals surface area contributed by atoms with E-state index in [0.29, 0.717) is 17.0 Å². The lowest BCUT2D eigenvalue weighted by atomic mass is 10.1. The van der Waals surface area contributed by atoms with Crippen molar-refractivity contribution in [1.82, 2.24) is 9.78 Å². The van der Waals surface area contributed by atoms with Crippen molar-refractivity contribution in [2.75, 3.05) is 19.0 Å². The number of carbonyl (C=O) groups is 2. The van der Waals surface area contributed by atoms with E-state index < -0.39 is 11.9 Å². The van der Waals surface area contributed by atoms with Gasteiger partial charge in [0, 0.05) is 30.0 Å². The third-order valence-electron chi connectivity index (χ3n) is 4.54. The number of hydrogen-bond donors (Lipinski definition) is 1.